The second-order valence-corrected chi connectivity index (χ2v) is 3.31. The molecule has 0 heterocycles. The fourth-order valence-electron chi connectivity index (χ4n) is 0.908. The van der Waals surface area contributed by atoms with E-state index in [0.29, 0.717) is 0 Å². The largest absolute Gasteiger partial charge is 0.0845 e. The predicted molar refractivity (Wildman–Crippen MR) is 44.6 cm³/mol. The number of rotatable bonds is 0. The zero-order valence-electron chi connectivity index (χ0n) is 5.77. The molecule has 1 aliphatic rings. The van der Waals surface area contributed by atoms with Crippen LogP contribution in [0.3, 0.4) is 0 Å². The van der Waals surface area contributed by atoms with Crippen LogP contribution in [0.4, 0.5) is 0 Å². The quantitative estimate of drug-likeness (QED) is 0.605. The molecule has 0 saturated carbocycles. The van der Waals surface area contributed by atoms with Gasteiger partial charge >= 0.3 is 0 Å². The van der Waals surface area contributed by atoms with Crippen molar-refractivity contribution in [3.8, 4) is 0 Å². The molecule has 0 atom stereocenters. The van der Waals surface area contributed by atoms with Gasteiger partial charge in [-0.05, 0) is 30.2 Å². The molecule has 2 heteroatoms. The summed E-state index contributed by atoms with van der Waals surface area (Å²) >= 11 is 3.48. The standard InChI is InChI=1S/C8H11Br.Ir/c9-8-6-4-2-1-3-5-7-8;/h2,4,6H,1,3,5,7H2;. The molecule has 0 aliphatic heterocycles. The first-order valence-electron chi connectivity index (χ1n) is 3.41. The average molecular weight is 379 g/mol. The Balaban J connectivity index is 0.000000810. The Morgan fingerprint density at radius 3 is 2.90 bits per heavy atom. The van der Waals surface area contributed by atoms with Crippen LogP contribution >= 0.6 is 15.9 Å². The first-order valence-corrected chi connectivity index (χ1v) is 4.20. The Morgan fingerprint density at radius 1 is 1.30 bits per heavy atom. The molecule has 1 aliphatic carbocycles. The van der Waals surface area contributed by atoms with Crippen molar-refractivity contribution in [3.63, 3.8) is 0 Å². The minimum Gasteiger partial charge on any atom is -0.0845 e. The average Bonchev–Trinajstić information content (AvgIpc) is 1.79. The first kappa shape index (κ1) is 10.6. The zero-order valence-corrected chi connectivity index (χ0v) is 9.75. The minimum absolute atomic E-state index is 0. The van der Waals surface area contributed by atoms with E-state index in [1.54, 1.807) is 0 Å². The van der Waals surface area contributed by atoms with Gasteiger partial charge in [0.2, 0.25) is 0 Å². The SMILES string of the molecule is BrC1=CC=CCCCC1.[Ir]. The van der Waals surface area contributed by atoms with Gasteiger partial charge in [-0.3, -0.25) is 0 Å². The van der Waals surface area contributed by atoms with Crippen LogP contribution in [0.1, 0.15) is 25.7 Å². The summed E-state index contributed by atoms with van der Waals surface area (Å²) in [5.41, 5.74) is 0. The van der Waals surface area contributed by atoms with Gasteiger partial charge in [-0.15, -0.1) is 0 Å². The van der Waals surface area contributed by atoms with Crippen LogP contribution in [0, 0.1) is 0 Å². The smallest absolute Gasteiger partial charge is 0 e. The molecule has 0 amide bonds. The molecule has 0 N–H and O–H groups in total. The van der Waals surface area contributed by atoms with E-state index >= 15 is 0 Å². The second-order valence-electron chi connectivity index (χ2n) is 2.29. The van der Waals surface area contributed by atoms with Crippen molar-refractivity contribution in [1.29, 1.82) is 0 Å². The molecule has 0 fully saturated rings. The van der Waals surface area contributed by atoms with Crippen molar-refractivity contribution in [2.45, 2.75) is 25.7 Å². The molecular formula is C8H11BrIr. The van der Waals surface area contributed by atoms with Gasteiger partial charge in [0, 0.05) is 20.1 Å². The Hall–Kier alpha value is 0.609. The Bertz CT molecular complexity index is 138. The van der Waals surface area contributed by atoms with E-state index in [0.717, 1.165) is 0 Å². The van der Waals surface area contributed by atoms with Crippen LogP contribution in [0.15, 0.2) is 22.7 Å². The number of hydrogen-bond donors (Lipinski definition) is 0. The summed E-state index contributed by atoms with van der Waals surface area (Å²) in [4.78, 5) is 0. The third-order valence-electron chi connectivity index (χ3n) is 1.45. The van der Waals surface area contributed by atoms with E-state index in [-0.39, 0.29) is 20.1 Å². The van der Waals surface area contributed by atoms with Gasteiger partial charge in [-0.1, -0.05) is 34.2 Å². The second kappa shape index (κ2) is 6.33. The van der Waals surface area contributed by atoms with Crippen molar-refractivity contribution < 1.29 is 20.1 Å². The summed E-state index contributed by atoms with van der Waals surface area (Å²) in [7, 11) is 0. The third-order valence-corrected chi connectivity index (χ3v) is 2.11. The summed E-state index contributed by atoms with van der Waals surface area (Å²) < 4.78 is 1.33. The van der Waals surface area contributed by atoms with E-state index in [1.165, 1.54) is 30.2 Å². The van der Waals surface area contributed by atoms with E-state index in [4.69, 9.17) is 0 Å². The zero-order chi connectivity index (χ0) is 6.53. The number of halogens is 1. The topological polar surface area (TPSA) is 0 Å². The Kier molecular flexibility index (Phi) is 6.71. The maximum absolute atomic E-state index is 3.48. The number of hydrogen-bond acceptors (Lipinski definition) is 0. The van der Waals surface area contributed by atoms with E-state index in [2.05, 4.69) is 34.2 Å². The fourth-order valence-corrected chi connectivity index (χ4v) is 1.34. The molecule has 1 rings (SSSR count). The molecule has 1 radical (unpaired) electrons. The van der Waals surface area contributed by atoms with Gasteiger partial charge in [0.25, 0.3) is 0 Å². The molecule has 0 bridgehead atoms. The maximum atomic E-state index is 3.48. The van der Waals surface area contributed by atoms with Crippen LogP contribution in [0.5, 0.6) is 0 Å². The van der Waals surface area contributed by atoms with Crippen LogP contribution in [-0.2, 0) is 20.1 Å². The first-order chi connectivity index (χ1) is 4.39. The molecule has 0 unspecified atom stereocenters. The summed E-state index contributed by atoms with van der Waals surface area (Å²) in [6.45, 7) is 0. The van der Waals surface area contributed by atoms with Crippen LogP contribution < -0.4 is 0 Å². The van der Waals surface area contributed by atoms with Gasteiger partial charge in [0.15, 0.2) is 0 Å². The van der Waals surface area contributed by atoms with Gasteiger partial charge in [0.05, 0.1) is 0 Å². The predicted octanol–water partition coefficient (Wildman–Crippen LogP) is 3.39. The van der Waals surface area contributed by atoms with Gasteiger partial charge in [0.1, 0.15) is 0 Å². The van der Waals surface area contributed by atoms with Gasteiger partial charge in [-0.25, -0.2) is 0 Å². The van der Waals surface area contributed by atoms with Crippen molar-refractivity contribution in [2.75, 3.05) is 0 Å². The molecule has 0 nitrogen and oxygen atoms in total. The molecule has 0 spiro atoms. The van der Waals surface area contributed by atoms with Crippen molar-refractivity contribution in [3.05, 3.63) is 22.7 Å². The monoisotopic (exact) mass is 379 g/mol. The summed E-state index contributed by atoms with van der Waals surface area (Å²) in [5, 5.41) is 0. The van der Waals surface area contributed by atoms with Crippen molar-refractivity contribution >= 4 is 15.9 Å². The van der Waals surface area contributed by atoms with E-state index < -0.39 is 0 Å². The van der Waals surface area contributed by atoms with Gasteiger partial charge < -0.3 is 0 Å². The number of allylic oxidation sites excluding steroid dienone is 4. The van der Waals surface area contributed by atoms with E-state index in [9.17, 15) is 0 Å². The van der Waals surface area contributed by atoms with Crippen LogP contribution in [-0.4, -0.2) is 0 Å². The van der Waals surface area contributed by atoms with E-state index in [1.807, 2.05) is 0 Å². The van der Waals surface area contributed by atoms with Crippen LogP contribution in [0.2, 0.25) is 0 Å². The van der Waals surface area contributed by atoms with Crippen LogP contribution in [0.25, 0.3) is 0 Å². The van der Waals surface area contributed by atoms with Gasteiger partial charge in [-0.2, -0.15) is 0 Å². The molecule has 0 aromatic rings. The minimum atomic E-state index is 0. The summed E-state index contributed by atoms with van der Waals surface area (Å²) in [6.07, 6.45) is 11.6. The van der Waals surface area contributed by atoms with Crippen molar-refractivity contribution in [2.24, 2.45) is 0 Å². The molecule has 59 valence electrons. The fraction of sp³-hybridized carbons (Fsp3) is 0.500. The molecule has 0 aromatic heterocycles. The summed E-state index contributed by atoms with van der Waals surface area (Å²) in [5.74, 6) is 0. The van der Waals surface area contributed by atoms with Crippen molar-refractivity contribution in [1.82, 2.24) is 0 Å². The molecule has 0 saturated heterocycles. The third kappa shape index (κ3) is 4.43. The Labute approximate surface area is 84.3 Å². The normalized spacial score (nSPS) is 18.3. The molecular weight excluding hydrogens is 368 g/mol. The molecule has 10 heavy (non-hydrogen) atoms. The Morgan fingerprint density at radius 2 is 2.10 bits per heavy atom. The summed E-state index contributed by atoms with van der Waals surface area (Å²) in [6, 6.07) is 0. The molecule has 0 aromatic carbocycles. The maximum Gasteiger partial charge on any atom is 0 e.